The Bertz CT molecular complexity index is 601. The molecular weight excluding hydrogens is 277 g/mol. The molecule has 0 radical (unpaired) electrons. The van der Waals surface area contributed by atoms with Crippen molar-refractivity contribution < 1.29 is 18.9 Å². The Morgan fingerprint density at radius 1 is 1.52 bits per heavy atom. The number of halogens is 1. The molecule has 0 bridgehead atoms. The largest absolute Gasteiger partial charge is 0.299 e. The summed E-state index contributed by atoms with van der Waals surface area (Å²) in [6, 6.07) is 5.37. The second kappa shape index (κ2) is 5.71. The van der Waals surface area contributed by atoms with Crippen LogP contribution in [0, 0.1) is 21.3 Å². The summed E-state index contributed by atoms with van der Waals surface area (Å²) in [7, 11) is 0. The van der Waals surface area contributed by atoms with Crippen molar-refractivity contribution in [3.05, 3.63) is 45.8 Å². The quantitative estimate of drug-likeness (QED) is 0.475. The first-order valence-corrected chi connectivity index (χ1v) is 6.79. The Labute approximate surface area is 121 Å². The van der Waals surface area contributed by atoms with Crippen LogP contribution in [0.15, 0.2) is 24.3 Å². The van der Waals surface area contributed by atoms with Crippen LogP contribution < -0.4 is 0 Å². The topological polar surface area (TPSA) is 77.3 Å². The van der Waals surface area contributed by atoms with Gasteiger partial charge in [0.05, 0.1) is 5.92 Å². The summed E-state index contributed by atoms with van der Waals surface area (Å²) < 4.78 is 13.4. The fourth-order valence-corrected chi connectivity index (χ4v) is 3.29. The summed E-state index contributed by atoms with van der Waals surface area (Å²) in [6.07, 6.45) is 1.06. The van der Waals surface area contributed by atoms with E-state index < -0.39 is 28.6 Å². The highest BCUT2D eigenvalue weighted by Gasteiger charge is 2.54. The smallest absolute Gasteiger partial charge is 0.212 e. The maximum atomic E-state index is 13.4. The number of benzene rings is 1. The molecule has 0 amide bonds. The molecule has 0 unspecified atom stereocenters. The zero-order valence-electron chi connectivity index (χ0n) is 11.7. The lowest BCUT2D eigenvalue weighted by Gasteiger charge is -2.31. The summed E-state index contributed by atoms with van der Waals surface area (Å²) in [4.78, 5) is 34.8. The van der Waals surface area contributed by atoms with Crippen LogP contribution in [0.4, 0.5) is 4.39 Å². The molecule has 1 aliphatic rings. The number of hydrogen-bond acceptors (Lipinski definition) is 4. The van der Waals surface area contributed by atoms with E-state index in [2.05, 4.69) is 0 Å². The average Bonchev–Trinajstić information content (AvgIpc) is 2.78. The van der Waals surface area contributed by atoms with Crippen molar-refractivity contribution in [3.8, 4) is 0 Å². The zero-order valence-corrected chi connectivity index (χ0v) is 11.7. The standard InChI is InChI=1S/C15H16FNO4/c1-10(18)15(7-3-6-14(15)19)13(9-17(20)21)11-4-2-5-12(16)8-11/h2,4-5,8,13H,3,6-7,9H2,1H3/t13-,15+/m0/s1. The molecule has 21 heavy (non-hydrogen) atoms. The number of Topliss-reactive ketones (excluding diaryl/α,β-unsaturated/α-hetero) is 2. The van der Waals surface area contributed by atoms with Crippen LogP contribution >= 0.6 is 0 Å². The van der Waals surface area contributed by atoms with Crippen molar-refractivity contribution in [1.29, 1.82) is 0 Å². The number of carbonyl (C=O) groups is 2. The van der Waals surface area contributed by atoms with E-state index in [4.69, 9.17) is 0 Å². The number of nitrogens with zero attached hydrogens (tertiary/aromatic N) is 1. The number of ketones is 2. The van der Waals surface area contributed by atoms with E-state index >= 15 is 0 Å². The third-order valence-corrected chi connectivity index (χ3v) is 4.28. The molecule has 1 aliphatic carbocycles. The van der Waals surface area contributed by atoms with Gasteiger partial charge in [0.1, 0.15) is 22.8 Å². The van der Waals surface area contributed by atoms with Crippen molar-refractivity contribution in [3.63, 3.8) is 0 Å². The molecule has 0 saturated heterocycles. The van der Waals surface area contributed by atoms with Gasteiger partial charge in [-0.1, -0.05) is 12.1 Å². The number of nitro groups is 1. The van der Waals surface area contributed by atoms with Gasteiger partial charge < -0.3 is 0 Å². The minimum atomic E-state index is -1.39. The number of carbonyl (C=O) groups excluding carboxylic acids is 2. The van der Waals surface area contributed by atoms with Crippen molar-refractivity contribution in [2.45, 2.75) is 32.1 Å². The van der Waals surface area contributed by atoms with Gasteiger partial charge in [0.15, 0.2) is 0 Å². The molecular formula is C15H16FNO4. The molecule has 1 aromatic carbocycles. The Hall–Kier alpha value is -2.11. The highest BCUT2D eigenvalue weighted by molar-refractivity contribution is 6.08. The van der Waals surface area contributed by atoms with Gasteiger partial charge in [-0.15, -0.1) is 0 Å². The van der Waals surface area contributed by atoms with Gasteiger partial charge in [-0.05, 0) is 37.5 Å². The maximum Gasteiger partial charge on any atom is 0.212 e. The molecule has 1 fully saturated rings. The van der Waals surface area contributed by atoms with Crippen LogP contribution in [-0.2, 0) is 9.59 Å². The van der Waals surface area contributed by atoms with E-state index in [1.807, 2.05) is 0 Å². The van der Waals surface area contributed by atoms with E-state index in [1.165, 1.54) is 31.2 Å². The predicted molar refractivity (Wildman–Crippen MR) is 73.0 cm³/mol. The fourth-order valence-electron chi connectivity index (χ4n) is 3.29. The maximum absolute atomic E-state index is 13.4. The van der Waals surface area contributed by atoms with Gasteiger partial charge >= 0.3 is 0 Å². The van der Waals surface area contributed by atoms with Crippen molar-refractivity contribution in [1.82, 2.24) is 0 Å². The van der Waals surface area contributed by atoms with E-state index in [1.54, 1.807) is 0 Å². The summed E-state index contributed by atoms with van der Waals surface area (Å²) in [5, 5.41) is 11.0. The van der Waals surface area contributed by atoms with Crippen LogP contribution in [0.3, 0.4) is 0 Å². The molecule has 112 valence electrons. The second-order valence-corrected chi connectivity index (χ2v) is 5.43. The molecule has 5 nitrogen and oxygen atoms in total. The van der Waals surface area contributed by atoms with E-state index in [0.29, 0.717) is 12.0 Å². The van der Waals surface area contributed by atoms with Crippen LogP contribution in [0.2, 0.25) is 0 Å². The highest BCUT2D eigenvalue weighted by atomic mass is 19.1. The SMILES string of the molecule is CC(=O)[C@@]1([C@@H](C[N+](=O)[O-])c2cccc(F)c2)CCCC1=O. The van der Waals surface area contributed by atoms with Gasteiger partial charge in [0.25, 0.3) is 0 Å². The second-order valence-electron chi connectivity index (χ2n) is 5.43. The van der Waals surface area contributed by atoms with Gasteiger partial charge in [-0.2, -0.15) is 0 Å². The normalized spacial score (nSPS) is 23.0. The molecule has 2 rings (SSSR count). The summed E-state index contributed by atoms with van der Waals surface area (Å²) >= 11 is 0. The lowest BCUT2D eigenvalue weighted by atomic mass is 9.67. The van der Waals surface area contributed by atoms with E-state index in [0.717, 1.165) is 0 Å². The minimum Gasteiger partial charge on any atom is -0.299 e. The first-order chi connectivity index (χ1) is 9.87. The summed E-state index contributed by atoms with van der Waals surface area (Å²) in [6.45, 7) is 0.726. The van der Waals surface area contributed by atoms with Crippen molar-refractivity contribution in [2.75, 3.05) is 6.54 Å². The highest BCUT2D eigenvalue weighted by Crippen LogP contribution is 2.47. The zero-order chi connectivity index (χ0) is 15.6. The third-order valence-electron chi connectivity index (χ3n) is 4.28. The van der Waals surface area contributed by atoms with Crippen LogP contribution in [0.25, 0.3) is 0 Å². The van der Waals surface area contributed by atoms with Gasteiger partial charge in [-0.25, -0.2) is 4.39 Å². The lowest BCUT2D eigenvalue weighted by Crippen LogP contribution is -2.42. The number of hydrogen-bond donors (Lipinski definition) is 0. The third kappa shape index (κ3) is 2.70. The molecule has 1 saturated carbocycles. The van der Waals surface area contributed by atoms with Crippen LogP contribution in [0.1, 0.15) is 37.7 Å². The predicted octanol–water partition coefficient (Wildman–Crippen LogP) is 2.51. The van der Waals surface area contributed by atoms with Gasteiger partial charge in [0, 0.05) is 11.3 Å². The van der Waals surface area contributed by atoms with E-state index in [-0.39, 0.29) is 24.4 Å². The average molecular weight is 293 g/mol. The van der Waals surface area contributed by atoms with Gasteiger partial charge in [-0.3, -0.25) is 19.7 Å². The molecule has 0 spiro atoms. The molecule has 2 atom stereocenters. The Morgan fingerprint density at radius 3 is 2.71 bits per heavy atom. The number of rotatable bonds is 5. The molecule has 6 heteroatoms. The Morgan fingerprint density at radius 2 is 2.24 bits per heavy atom. The molecule has 1 aromatic rings. The van der Waals surface area contributed by atoms with Crippen molar-refractivity contribution >= 4 is 11.6 Å². The Balaban J connectivity index is 2.55. The van der Waals surface area contributed by atoms with E-state index in [9.17, 15) is 24.1 Å². The first kappa shape index (κ1) is 15.3. The first-order valence-electron chi connectivity index (χ1n) is 6.79. The minimum absolute atomic E-state index is 0.239. The molecule has 0 aromatic heterocycles. The Kier molecular flexibility index (Phi) is 4.16. The fraction of sp³-hybridized carbons (Fsp3) is 0.467. The van der Waals surface area contributed by atoms with Crippen LogP contribution in [-0.4, -0.2) is 23.0 Å². The lowest BCUT2D eigenvalue weighted by molar-refractivity contribution is -0.485. The molecule has 0 aliphatic heterocycles. The van der Waals surface area contributed by atoms with Crippen LogP contribution in [0.5, 0.6) is 0 Å². The molecule has 0 N–H and O–H groups in total. The molecule has 0 heterocycles. The van der Waals surface area contributed by atoms with Gasteiger partial charge in [0.2, 0.25) is 6.54 Å². The summed E-state index contributed by atoms with van der Waals surface area (Å²) in [5.41, 5.74) is -1.06. The summed E-state index contributed by atoms with van der Waals surface area (Å²) in [5.74, 6) is -2.10. The monoisotopic (exact) mass is 293 g/mol. The van der Waals surface area contributed by atoms with Crippen molar-refractivity contribution in [2.24, 2.45) is 5.41 Å².